The molecule has 2 atom stereocenters. The Morgan fingerprint density at radius 2 is 2.10 bits per heavy atom. The van der Waals surface area contributed by atoms with Crippen LogP contribution in [0, 0.1) is 5.92 Å². The van der Waals surface area contributed by atoms with E-state index in [0.29, 0.717) is 12.5 Å². The first-order valence-corrected chi connectivity index (χ1v) is 6.69. The Labute approximate surface area is 117 Å². The van der Waals surface area contributed by atoms with E-state index in [1.165, 1.54) is 0 Å². The van der Waals surface area contributed by atoms with Crippen molar-refractivity contribution in [3.8, 4) is 0 Å². The Kier molecular flexibility index (Phi) is 6.55. The predicted octanol–water partition coefficient (Wildman–Crippen LogP) is 0.361. The summed E-state index contributed by atoms with van der Waals surface area (Å²) in [4.78, 5) is 33.2. The Morgan fingerprint density at radius 1 is 1.35 bits per heavy atom. The van der Waals surface area contributed by atoms with E-state index in [9.17, 15) is 14.4 Å². The highest BCUT2D eigenvalue weighted by molar-refractivity contribution is 5.83. The second-order valence-corrected chi connectivity index (χ2v) is 4.90. The molecule has 0 aromatic carbocycles. The summed E-state index contributed by atoms with van der Waals surface area (Å²) in [6.45, 7) is 0.512. The number of nitrogens with two attached hydrogens (primary N) is 1. The van der Waals surface area contributed by atoms with Crippen LogP contribution in [0.3, 0.4) is 0 Å². The van der Waals surface area contributed by atoms with Gasteiger partial charge in [-0.3, -0.25) is 4.79 Å². The molecule has 1 rings (SSSR count). The van der Waals surface area contributed by atoms with E-state index in [2.05, 4.69) is 22.8 Å². The van der Waals surface area contributed by atoms with Crippen LogP contribution in [-0.2, 0) is 9.59 Å². The fourth-order valence-corrected chi connectivity index (χ4v) is 2.03. The maximum Gasteiger partial charge on any atom is 0.326 e. The summed E-state index contributed by atoms with van der Waals surface area (Å²) >= 11 is 0. The number of amides is 3. The minimum absolute atomic E-state index is 0.00967. The van der Waals surface area contributed by atoms with E-state index in [1.807, 2.05) is 0 Å². The molecule has 1 aliphatic rings. The van der Waals surface area contributed by atoms with E-state index >= 15 is 0 Å². The molecular weight excluding hydrogens is 262 g/mol. The number of allylic oxidation sites excluding steroid dienone is 2. The van der Waals surface area contributed by atoms with Gasteiger partial charge in [0.1, 0.15) is 6.04 Å². The molecule has 0 aromatic heterocycles. The van der Waals surface area contributed by atoms with Gasteiger partial charge in [-0.15, -0.1) is 0 Å². The van der Waals surface area contributed by atoms with Gasteiger partial charge in [0, 0.05) is 13.0 Å². The number of carbonyl (C=O) groups excluding carboxylic acids is 2. The molecule has 7 nitrogen and oxygen atoms in total. The monoisotopic (exact) mass is 283 g/mol. The van der Waals surface area contributed by atoms with Crippen LogP contribution < -0.4 is 16.4 Å². The largest absolute Gasteiger partial charge is 0.480 e. The first kappa shape index (κ1) is 16.0. The van der Waals surface area contributed by atoms with Gasteiger partial charge in [-0.2, -0.15) is 0 Å². The van der Waals surface area contributed by atoms with Gasteiger partial charge in [0.2, 0.25) is 5.91 Å². The van der Waals surface area contributed by atoms with Gasteiger partial charge in [-0.25, -0.2) is 9.59 Å². The highest BCUT2D eigenvalue weighted by Crippen LogP contribution is 2.16. The van der Waals surface area contributed by atoms with Crippen molar-refractivity contribution >= 4 is 17.9 Å². The van der Waals surface area contributed by atoms with Crippen LogP contribution in [0.15, 0.2) is 12.2 Å². The Hall–Kier alpha value is -2.05. The quantitative estimate of drug-likeness (QED) is 0.504. The van der Waals surface area contributed by atoms with Crippen LogP contribution in [0.1, 0.15) is 32.1 Å². The van der Waals surface area contributed by atoms with Crippen molar-refractivity contribution in [2.45, 2.75) is 38.1 Å². The normalized spacial score (nSPS) is 19.1. The zero-order chi connectivity index (χ0) is 15.0. The summed E-state index contributed by atoms with van der Waals surface area (Å²) in [6.07, 6.45) is 7.05. The zero-order valence-electron chi connectivity index (χ0n) is 11.3. The van der Waals surface area contributed by atoms with Crippen molar-refractivity contribution in [2.75, 3.05) is 6.54 Å². The van der Waals surface area contributed by atoms with Crippen LogP contribution in [0.2, 0.25) is 0 Å². The third-order valence-corrected chi connectivity index (χ3v) is 3.21. The minimum Gasteiger partial charge on any atom is -0.480 e. The molecular formula is C13H21N3O4. The van der Waals surface area contributed by atoms with E-state index in [-0.39, 0.29) is 12.8 Å². The van der Waals surface area contributed by atoms with Crippen molar-refractivity contribution in [1.82, 2.24) is 10.6 Å². The minimum atomic E-state index is -1.18. The van der Waals surface area contributed by atoms with Crippen LogP contribution in [0.5, 0.6) is 0 Å². The Balaban J connectivity index is 2.31. The molecule has 7 heteroatoms. The fourth-order valence-electron chi connectivity index (χ4n) is 2.03. The lowest BCUT2D eigenvalue weighted by Gasteiger charge is -2.19. The van der Waals surface area contributed by atoms with E-state index in [0.717, 1.165) is 19.3 Å². The summed E-state index contributed by atoms with van der Waals surface area (Å²) in [5, 5.41) is 13.9. The molecule has 5 N–H and O–H groups in total. The number of carboxylic acid groups (broad SMARTS) is 1. The highest BCUT2D eigenvalue weighted by atomic mass is 16.4. The Morgan fingerprint density at radius 3 is 2.65 bits per heavy atom. The SMILES string of the molecule is NC(=O)CC[C@H](NC(=O)NCC1CC=CCC1)C(=O)O. The first-order valence-electron chi connectivity index (χ1n) is 6.69. The van der Waals surface area contributed by atoms with E-state index in [1.54, 1.807) is 0 Å². The second-order valence-electron chi connectivity index (χ2n) is 4.90. The van der Waals surface area contributed by atoms with Crippen molar-refractivity contribution in [1.29, 1.82) is 0 Å². The van der Waals surface area contributed by atoms with Crippen LogP contribution in [0.25, 0.3) is 0 Å². The average molecular weight is 283 g/mol. The summed E-state index contributed by atoms with van der Waals surface area (Å²) in [5.74, 6) is -1.38. The maximum atomic E-state index is 11.6. The van der Waals surface area contributed by atoms with Gasteiger partial charge in [-0.1, -0.05) is 12.2 Å². The van der Waals surface area contributed by atoms with Gasteiger partial charge in [-0.05, 0) is 31.6 Å². The number of nitrogens with one attached hydrogen (secondary N) is 2. The van der Waals surface area contributed by atoms with Gasteiger partial charge < -0.3 is 21.5 Å². The molecule has 3 amide bonds. The lowest BCUT2D eigenvalue weighted by molar-refractivity contribution is -0.139. The number of aliphatic carboxylic acids is 1. The van der Waals surface area contributed by atoms with Crippen molar-refractivity contribution in [2.24, 2.45) is 11.7 Å². The molecule has 0 radical (unpaired) electrons. The highest BCUT2D eigenvalue weighted by Gasteiger charge is 2.20. The summed E-state index contributed by atoms with van der Waals surface area (Å²) < 4.78 is 0. The zero-order valence-corrected chi connectivity index (χ0v) is 11.3. The first-order chi connectivity index (χ1) is 9.49. The molecule has 0 heterocycles. The summed E-state index contributed by atoms with van der Waals surface area (Å²) in [7, 11) is 0. The molecule has 0 saturated heterocycles. The van der Waals surface area contributed by atoms with Gasteiger partial charge >= 0.3 is 12.0 Å². The van der Waals surface area contributed by atoms with E-state index in [4.69, 9.17) is 10.8 Å². The molecule has 0 saturated carbocycles. The second kappa shape index (κ2) is 8.19. The van der Waals surface area contributed by atoms with Crippen LogP contribution in [0.4, 0.5) is 4.79 Å². The van der Waals surface area contributed by atoms with Crippen LogP contribution in [-0.4, -0.2) is 35.6 Å². The molecule has 112 valence electrons. The van der Waals surface area contributed by atoms with Crippen molar-refractivity contribution < 1.29 is 19.5 Å². The molecule has 20 heavy (non-hydrogen) atoms. The number of hydrogen-bond acceptors (Lipinski definition) is 3. The standard InChI is InChI=1S/C13H21N3O4/c14-11(17)7-6-10(12(18)19)16-13(20)15-8-9-4-2-1-3-5-9/h1-2,9-10H,3-8H2,(H2,14,17)(H,18,19)(H2,15,16,20)/t9?,10-/m0/s1. The Bertz CT molecular complexity index is 395. The van der Waals surface area contributed by atoms with Crippen molar-refractivity contribution in [3.63, 3.8) is 0 Å². The van der Waals surface area contributed by atoms with Gasteiger partial charge in [0.05, 0.1) is 0 Å². The molecule has 0 spiro atoms. The molecule has 0 fully saturated rings. The van der Waals surface area contributed by atoms with Crippen molar-refractivity contribution in [3.05, 3.63) is 12.2 Å². The fraction of sp³-hybridized carbons (Fsp3) is 0.615. The van der Waals surface area contributed by atoms with Crippen LogP contribution >= 0.6 is 0 Å². The topological polar surface area (TPSA) is 122 Å². The number of hydrogen-bond donors (Lipinski definition) is 4. The number of carboxylic acids is 1. The lowest BCUT2D eigenvalue weighted by atomic mass is 9.94. The number of rotatable bonds is 7. The average Bonchev–Trinajstić information content (AvgIpc) is 2.41. The molecule has 1 unspecified atom stereocenters. The molecule has 0 aromatic rings. The van der Waals surface area contributed by atoms with Gasteiger partial charge in [0.15, 0.2) is 0 Å². The smallest absolute Gasteiger partial charge is 0.326 e. The van der Waals surface area contributed by atoms with E-state index < -0.39 is 23.9 Å². The molecule has 0 bridgehead atoms. The summed E-state index contributed by atoms with van der Waals surface area (Å²) in [6, 6.07) is -1.63. The third-order valence-electron chi connectivity index (χ3n) is 3.21. The molecule has 1 aliphatic carbocycles. The third kappa shape index (κ3) is 6.21. The number of carbonyl (C=O) groups is 3. The maximum absolute atomic E-state index is 11.6. The summed E-state index contributed by atoms with van der Waals surface area (Å²) in [5.41, 5.74) is 4.96. The van der Waals surface area contributed by atoms with Gasteiger partial charge in [0.25, 0.3) is 0 Å². The molecule has 0 aliphatic heterocycles. The number of urea groups is 1. The number of primary amides is 1. The lowest BCUT2D eigenvalue weighted by Crippen LogP contribution is -2.47. The predicted molar refractivity (Wildman–Crippen MR) is 72.9 cm³/mol.